The van der Waals surface area contributed by atoms with Crippen LogP contribution in [0.3, 0.4) is 0 Å². The molecule has 1 unspecified atom stereocenters. The number of carbonyl (C=O) groups excluding carboxylic acids is 2. The molecule has 5 rings (SSSR count). The number of pyridine rings is 2. The van der Waals surface area contributed by atoms with E-state index in [0.717, 1.165) is 12.5 Å². The average Bonchev–Trinajstić information content (AvgIpc) is 3.43. The SMILES string of the molecule is CCOC(=O)c1cc2c(=O)n3ccccc3nc2n(CC2CCCO2)c1=NC(=O)c1ccc(Cl)c([N+](=O)[O-])c1. The molecule has 13 heteroatoms. The largest absolute Gasteiger partial charge is 0.462 e. The fourth-order valence-electron chi connectivity index (χ4n) is 4.47. The lowest BCUT2D eigenvalue weighted by Crippen LogP contribution is -2.35. The predicted octanol–water partition coefficient (Wildman–Crippen LogP) is 3.31. The number of halogens is 1. The quantitative estimate of drug-likeness (QED) is 0.153. The zero-order valence-corrected chi connectivity index (χ0v) is 21.5. The van der Waals surface area contributed by atoms with Crippen molar-refractivity contribution >= 4 is 45.8 Å². The number of fused-ring (bicyclic) bond motifs is 2. The van der Waals surface area contributed by atoms with E-state index < -0.39 is 28.0 Å². The molecule has 200 valence electrons. The third-order valence-electron chi connectivity index (χ3n) is 6.29. The molecule has 39 heavy (non-hydrogen) atoms. The summed E-state index contributed by atoms with van der Waals surface area (Å²) >= 11 is 5.90. The Balaban J connectivity index is 1.84. The lowest BCUT2D eigenvalue weighted by molar-refractivity contribution is -0.384. The maximum atomic E-state index is 13.5. The van der Waals surface area contributed by atoms with E-state index in [4.69, 9.17) is 21.1 Å². The number of rotatable bonds is 6. The average molecular weight is 552 g/mol. The maximum Gasteiger partial charge on any atom is 0.341 e. The van der Waals surface area contributed by atoms with Gasteiger partial charge in [0.1, 0.15) is 21.9 Å². The molecule has 12 nitrogen and oxygen atoms in total. The van der Waals surface area contributed by atoms with Crippen LogP contribution in [0.1, 0.15) is 40.5 Å². The van der Waals surface area contributed by atoms with E-state index in [1.54, 1.807) is 31.3 Å². The minimum atomic E-state index is -0.863. The first-order valence-electron chi connectivity index (χ1n) is 12.1. The summed E-state index contributed by atoms with van der Waals surface area (Å²) in [4.78, 5) is 59.4. The molecule has 4 aromatic rings. The van der Waals surface area contributed by atoms with Gasteiger partial charge in [0.2, 0.25) is 0 Å². The van der Waals surface area contributed by atoms with Crippen LogP contribution >= 0.6 is 11.6 Å². The Hall–Kier alpha value is -4.42. The highest BCUT2D eigenvalue weighted by molar-refractivity contribution is 6.32. The first-order valence-corrected chi connectivity index (χ1v) is 12.5. The van der Waals surface area contributed by atoms with Crippen LogP contribution in [0.4, 0.5) is 5.69 Å². The van der Waals surface area contributed by atoms with E-state index in [1.807, 2.05) is 0 Å². The van der Waals surface area contributed by atoms with Crippen LogP contribution in [0.5, 0.6) is 0 Å². The lowest BCUT2D eigenvalue weighted by Gasteiger charge is -2.18. The number of nitro groups is 1. The zero-order valence-electron chi connectivity index (χ0n) is 20.7. The van der Waals surface area contributed by atoms with Crippen LogP contribution in [0.15, 0.2) is 58.4 Å². The van der Waals surface area contributed by atoms with Crippen molar-refractivity contribution in [1.82, 2.24) is 14.0 Å². The smallest absolute Gasteiger partial charge is 0.341 e. The molecule has 0 spiro atoms. The van der Waals surface area contributed by atoms with E-state index in [-0.39, 0.29) is 51.9 Å². The Morgan fingerprint density at radius 2 is 2.10 bits per heavy atom. The van der Waals surface area contributed by atoms with Gasteiger partial charge in [0.15, 0.2) is 5.49 Å². The Bertz CT molecular complexity index is 1770. The number of nitro benzene ring substituents is 1. The lowest BCUT2D eigenvalue weighted by atomic mass is 10.1. The first-order chi connectivity index (χ1) is 18.8. The van der Waals surface area contributed by atoms with Gasteiger partial charge in [0.05, 0.1) is 29.6 Å². The van der Waals surface area contributed by atoms with E-state index in [9.17, 15) is 24.5 Å². The van der Waals surface area contributed by atoms with Gasteiger partial charge in [-0.15, -0.1) is 0 Å². The van der Waals surface area contributed by atoms with Crippen molar-refractivity contribution in [2.24, 2.45) is 4.99 Å². The summed E-state index contributed by atoms with van der Waals surface area (Å²) < 4.78 is 13.9. The number of aromatic nitrogens is 3. The number of benzene rings is 1. The summed E-state index contributed by atoms with van der Waals surface area (Å²) in [6.45, 7) is 2.35. The van der Waals surface area contributed by atoms with Crippen molar-refractivity contribution in [3.63, 3.8) is 0 Å². The van der Waals surface area contributed by atoms with Crippen molar-refractivity contribution < 1.29 is 24.0 Å². The van der Waals surface area contributed by atoms with Gasteiger partial charge in [-0.2, -0.15) is 4.99 Å². The van der Waals surface area contributed by atoms with Crippen molar-refractivity contribution in [2.45, 2.75) is 32.4 Å². The minimum absolute atomic E-state index is 0.0360. The summed E-state index contributed by atoms with van der Waals surface area (Å²) in [5.41, 5.74) is -0.686. The second-order valence-corrected chi connectivity index (χ2v) is 9.18. The van der Waals surface area contributed by atoms with E-state index in [0.29, 0.717) is 18.7 Å². The summed E-state index contributed by atoms with van der Waals surface area (Å²) in [5, 5.41) is 11.3. The third kappa shape index (κ3) is 5.03. The van der Waals surface area contributed by atoms with Gasteiger partial charge < -0.3 is 14.0 Å². The molecular formula is C26H22ClN5O7. The Labute approximate surface area is 225 Å². The maximum absolute atomic E-state index is 13.5. The molecule has 1 saturated heterocycles. The fourth-order valence-corrected chi connectivity index (χ4v) is 4.66. The van der Waals surface area contributed by atoms with Crippen LogP contribution < -0.4 is 11.0 Å². The fraction of sp³-hybridized carbons (Fsp3) is 0.269. The summed E-state index contributed by atoms with van der Waals surface area (Å²) in [6, 6.07) is 9.92. The Morgan fingerprint density at radius 3 is 2.82 bits per heavy atom. The number of carbonyl (C=O) groups is 2. The molecule has 1 aliphatic rings. The number of nitrogens with zero attached hydrogens (tertiary/aromatic N) is 5. The van der Waals surface area contributed by atoms with Gasteiger partial charge in [-0.25, -0.2) is 9.78 Å². The number of hydrogen-bond acceptors (Lipinski definition) is 8. The molecule has 1 aromatic carbocycles. The molecule has 0 saturated carbocycles. The molecule has 0 aliphatic carbocycles. The number of amides is 1. The molecule has 1 atom stereocenters. The van der Waals surface area contributed by atoms with Gasteiger partial charge in [-0.3, -0.25) is 24.1 Å². The summed E-state index contributed by atoms with van der Waals surface area (Å²) in [5.74, 6) is -1.66. The van der Waals surface area contributed by atoms with Crippen molar-refractivity contribution in [1.29, 1.82) is 0 Å². The molecule has 1 fully saturated rings. The standard InChI is InChI=1S/C26H22ClN5O7/c1-2-38-26(35)18-13-17-22(28-21-7-3-4-10-30(21)25(17)34)31(14-16-6-5-11-39-16)23(18)29-24(33)15-8-9-19(27)20(12-15)32(36)37/h3-4,7-10,12-13,16H,2,5-6,11,14H2,1H3. The van der Waals surface area contributed by atoms with Gasteiger partial charge in [0.25, 0.3) is 17.2 Å². The van der Waals surface area contributed by atoms with Crippen LogP contribution in [-0.2, 0) is 16.0 Å². The van der Waals surface area contributed by atoms with Crippen LogP contribution in [0.25, 0.3) is 16.7 Å². The Morgan fingerprint density at radius 1 is 1.28 bits per heavy atom. The predicted molar refractivity (Wildman–Crippen MR) is 140 cm³/mol. The molecule has 1 amide bonds. The highest BCUT2D eigenvalue weighted by atomic mass is 35.5. The molecule has 0 bridgehead atoms. The molecule has 3 aromatic heterocycles. The van der Waals surface area contributed by atoms with Gasteiger partial charge in [0, 0.05) is 24.4 Å². The zero-order chi connectivity index (χ0) is 27.7. The molecule has 4 heterocycles. The number of esters is 1. The topological polar surface area (TPSA) is 147 Å². The third-order valence-corrected chi connectivity index (χ3v) is 6.61. The Kier molecular flexibility index (Phi) is 7.22. The second kappa shape index (κ2) is 10.8. The second-order valence-electron chi connectivity index (χ2n) is 8.77. The normalized spacial score (nSPS) is 15.6. The van der Waals surface area contributed by atoms with E-state index >= 15 is 0 Å². The molecule has 0 N–H and O–H groups in total. The van der Waals surface area contributed by atoms with Crippen LogP contribution in [-0.4, -0.2) is 50.1 Å². The van der Waals surface area contributed by atoms with Crippen molar-refractivity contribution in [2.75, 3.05) is 13.2 Å². The van der Waals surface area contributed by atoms with Gasteiger partial charge in [-0.05, 0) is 50.1 Å². The van der Waals surface area contributed by atoms with Crippen LogP contribution in [0, 0.1) is 10.1 Å². The molecule has 1 aliphatic heterocycles. The number of hydrogen-bond donors (Lipinski definition) is 0. The summed E-state index contributed by atoms with van der Waals surface area (Å²) in [6.07, 6.45) is 2.81. The van der Waals surface area contributed by atoms with Gasteiger partial charge in [-0.1, -0.05) is 17.7 Å². The summed E-state index contributed by atoms with van der Waals surface area (Å²) in [7, 11) is 0. The van der Waals surface area contributed by atoms with Crippen molar-refractivity contribution in [3.8, 4) is 0 Å². The molecular weight excluding hydrogens is 530 g/mol. The highest BCUT2D eigenvalue weighted by Gasteiger charge is 2.24. The van der Waals surface area contributed by atoms with E-state index in [1.165, 1.54) is 27.2 Å². The first kappa shape index (κ1) is 26.2. The van der Waals surface area contributed by atoms with Gasteiger partial charge >= 0.3 is 5.97 Å². The van der Waals surface area contributed by atoms with Crippen molar-refractivity contribution in [3.05, 3.63) is 90.8 Å². The minimum Gasteiger partial charge on any atom is -0.462 e. The molecule has 0 radical (unpaired) electrons. The van der Waals surface area contributed by atoms with E-state index in [2.05, 4.69) is 9.98 Å². The van der Waals surface area contributed by atoms with Crippen LogP contribution in [0.2, 0.25) is 5.02 Å². The highest BCUT2D eigenvalue weighted by Crippen LogP contribution is 2.25. The number of ether oxygens (including phenoxy) is 2. The monoisotopic (exact) mass is 551 g/mol.